The first-order valence-corrected chi connectivity index (χ1v) is 9.30. The molecule has 27 heavy (non-hydrogen) atoms. The van der Waals surface area contributed by atoms with Gasteiger partial charge in [0.2, 0.25) is 0 Å². The Bertz CT molecular complexity index is 943. The lowest BCUT2D eigenvalue weighted by atomic mass is 9.75. The van der Waals surface area contributed by atoms with Crippen molar-refractivity contribution in [3.05, 3.63) is 88.8 Å². The molecule has 0 spiro atoms. The topological polar surface area (TPSA) is 58.2 Å². The number of hydrogen-bond acceptors (Lipinski definition) is 3. The zero-order valence-electron chi connectivity index (χ0n) is 15.3. The Morgan fingerprint density at radius 1 is 1.00 bits per heavy atom. The first-order chi connectivity index (χ1) is 13.1. The Balaban J connectivity index is 1.78. The summed E-state index contributed by atoms with van der Waals surface area (Å²) in [4.78, 5) is 26.0. The van der Waals surface area contributed by atoms with E-state index >= 15 is 0 Å². The van der Waals surface area contributed by atoms with Gasteiger partial charge >= 0.3 is 0 Å². The maximum atomic E-state index is 13.2. The number of carbonyl (C=O) groups excluding carboxylic acids is 2. The molecule has 1 heterocycles. The number of anilines is 1. The van der Waals surface area contributed by atoms with Gasteiger partial charge in [0.25, 0.3) is 5.91 Å². The molecule has 0 fully saturated rings. The second-order valence-corrected chi connectivity index (χ2v) is 7.00. The highest BCUT2D eigenvalue weighted by Gasteiger charge is 2.38. The summed E-state index contributed by atoms with van der Waals surface area (Å²) in [6.07, 6.45) is 2.23. The molecule has 0 aromatic heterocycles. The van der Waals surface area contributed by atoms with Gasteiger partial charge in [0.15, 0.2) is 5.78 Å². The van der Waals surface area contributed by atoms with E-state index in [-0.39, 0.29) is 17.6 Å². The molecule has 0 saturated carbocycles. The van der Waals surface area contributed by atoms with E-state index in [9.17, 15) is 9.59 Å². The number of Topliss-reactive ketones (excluding diaryl/α,β-unsaturated/α-hetero) is 1. The van der Waals surface area contributed by atoms with Gasteiger partial charge in [-0.25, -0.2) is 0 Å². The number of para-hydroxylation sites is 1. The van der Waals surface area contributed by atoms with Crippen LogP contribution in [0.4, 0.5) is 5.69 Å². The lowest BCUT2D eigenvalue weighted by molar-refractivity contribution is -0.116. The van der Waals surface area contributed by atoms with E-state index in [1.54, 1.807) is 0 Å². The lowest BCUT2D eigenvalue weighted by Gasteiger charge is -2.34. The zero-order valence-corrected chi connectivity index (χ0v) is 15.3. The number of allylic oxidation sites excluding steroid dienone is 3. The highest BCUT2D eigenvalue weighted by molar-refractivity contribution is 6.09. The van der Waals surface area contributed by atoms with Gasteiger partial charge in [-0.1, -0.05) is 48.5 Å². The molecule has 2 aliphatic rings. The summed E-state index contributed by atoms with van der Waals surface area (Å²) in [5, 5.41) is 6.32. The predicted octanol–water partition coefficient (Wildman–Crippen LogP) is 4.29. The summed E-state index contributed by atoms with van der Waals surface area (Å²) in [6, 6.07) is 19.2. The number of amides is 1. The van der Waals surface area contributed by atoms with Gasteiger partial charge in [-0.15, -0.1) is 0 Å². The maximum Gasteiger partial charge on any atom is 0.254 e. The van der Waals surface area contributed by atoms with Crippen molar-refractivity contribution >= 4 is 17.4 Å². The molecule has 4 rings (SSSR count). The standard InChI is InChI=1S/C23H22N2O2/c1-15-20(23(27)25-17-11-6-3-7-12-17)21(16-9-4-2-5-10-16)22-18(24-15)13-8-14-19(22)26/h2-7,9-12,21,24H,8,13-14H2,1H3,(H,25,27). The quantitative estimate of drug-likeness (QED) is 0.860. The molecule has 0 saturated heterocycles. The summed E-state index contributed by atoms with van der Waals surface area (Å²) >= 11 is 0. The van der Waals surface area contributed by atoms with Crippen molar-refractivity contribution in [1.29, 1.82) is 0 Å². The molecule has 4 nitrogen and oxygen atoms in total. The number of ketones is 1. The number of nitrogens with one attached hydrogen (secondary N) is 2. The van der Waals surface area contributed by atoms with Crippen LogP contribution in [0.25, 0.3) is 0 Å². The Labute approximate surface area is 159 Å². The molecule has 1 atom stereocenters. The average molecular weight is 358 g/mol. The number of benzene rings is 2. The summed E-state index contributed by atoms with van der Waals surface area (Å²) in [5.74, 6) is -0.376. The summed E-state index contributed by atoms with van der Waals surface area (Å²) < 4.78 is 0. The fraction of sp³-hybridized carbons (Fsp3) is 0.217. The van der Waals surface area contributed by atoms with Crippen LogP contribution in [0.15, 0.2) is 83.2 Å². The van der Waals surface area contributed by atoms with Crippen LogP contribution in [0.3, 0.4) is 0 Å². The fourth-order valence-electron chi connectivity index (χ4n) is 3.98. The minimum absolute atomic E-state index is 0.134. The Kier molecular flexibility index (Phi) is 4.63. The third-order valence-electron chi connectivity index (χ3n) is 5.19. The van der Waals surface area contributed by atoms with Crippen molar-refractivity contribution in [2.45, 2.75) is 32.1 Å². The molecule has 2 aromatic rings. The average Bonchev–Trinajstić information content (AvgIpc) is 2.68. The Morgan fingerprint density at radius 3 is 2.37 bits per heavy atom. The summed E-state index contributed by atoms with van der Waals surface area (Å²) in [5.41, 5.74) is 4.85. The van der Waals surface area contributed by atoms with Gasteiger partial charge in [-0.3, -0.25) is 9.59 Å². The molecule has 1 amide bonds. The normalized spacial score (nSPS) is 19.4. The molecule has 0 bridgehead atoms. The molecule has 1 unspecified atom stereocenters. The van der Waals surface area contributed by atoms with E-state index in [0.29, 0.717) is 12.0 Å². The highest BCUT2D eigenvalue weighted by Crippen LogP contribution is 2.42. The second-order valence-electron chi connectivity index (χ2n) is 7.00. The summed E-state index contributed by atoms with van der Waals surface area (Å²) in [6.45, 7) is 1.92. The largest absolute Gasteiger partial charge is 0.362 e. The van der Waals surface area contributed by atoms with Gasteiger partial charge < -0.3 is 10.6 Å². The SMILES string of the molecule is CC1=C(C(=O)Nc2ccccc2)C(c2ccccc2)C2=C(CCCC2=O)N1. The molecule has 2 N–H and O–H groups in total. The second kappa shape index (κ2) is 7.23. The van der Waals surface area contributed by atoms with Crippen molar-refractivity contribution < 1.29 is 9.59 Å². The predicted molar refractivity (Wildman–Crippen MR) is 106 cm³/mol. The summed E-state index contributed by atoms with van der Waals surface area (Å²) in [7, 11) is 0. The number of dihydropyridines is 1. The molecule has 136 valence electrons. The Morgan fingerprint density at radius 2 is 1.67 bits per heavy atom. The lowest BCUT2D eigenvalue weighted by Crippen LogP contribution is -2.35. The first kappa shape index (κ1) is 17.3. The number of rotatable bonds is 3. The van der Waals surface area contributed by atoms with E-state index in [4.69, 9.17) is 0 Å². The van der Waals surface area contributed by atoms with Gasteiger partial charge in [-0.2, -0.15) is 0 Å². The van der Waals surface area contributed by atoms with Crippen molar-refractivity contribution in [3.8, 4) is 0 Å². The van der Waals surface area contributed by atoms with Crippen molar-refractivity contribution in [2.75, 3.05) is 5.32 Å². The van der Waals surface area contributed by atoms with Crippen LogP contribution in [0.1, 0.15) is 37.7 Å². The Hall–Kier alpha value is -3.14. The van der Waals surface area contributed by atoms with E-state index in [0.717, 1.165) is 41.1 Å². The smallest absolute Gasteiger partial charge is 0.254 e. The number of hydrogen-bond donors (Lipinski definition) is 2. The van der Waals surface area contributed by atoms with Gasteiger partial charge in [0.1, 0.15) is 0 Å². The van der Waals surface area contributed by atoms with Gasteiger partial charge in [0, 0.05) is 40.6 Å². The van der Waals surface area contributed by atoms with Crippen LogP contribution in [0.5, 0.6) is 0 Å². The van der Waals surface area contributed by atoms with Gasteiger partial charge in [0.05, 0.1) is 0 Å². The van der Waals surface area contributed by atoms with Crippen LogP contribution >= 0.6 is 0 Å². The maximum absolute atomic E-state index is 13.2. The molecule has 2 aromatic carbocycles. The van der Waals surface area contributed by atoms with E-state index < -0.39 is 0 Å². The number of carbonyl (C=O) groups is 2. The first-order valence-electron chi connectivity index (χ1n) is 9.30. The molecular weight excluding hydrogens is 336 g/mol. The molecule has 1 aliphatic heterocycles. The molecule has 4 heteroatoms. The molecule has 0 radical (unpaired) electrons. The zero-order chi connectivity index (χ0) is 18.8. The molecular formula is C23H22N2O2. The van der Waals surface area contributed by atoms with Gasteiger partial charge in [-0.05, 0) is 37.5 Å². The highest BCUT2D eigenvalue weighted by atomic mass is 16.2. The fourth-order valence-corrected chi connectivity index (χ4v) is 3.98. The van der Waals surface area contributed by atoms with Crippen molar-refractivity contribution in [3.63, 3.8) is 0 Å². The van der Waals surface area contributed by atoms with Crippen molar-refractivity contribution in [2.24, 2.45) is 0 Å². The van der Waals surface area contributed by atoms with E-state index in [1.165, 1.54) is 0 Å². The van der Waals surface area contributed by atoms with Crippen LogP contribution in [-0.2, 0) is 9.59 Å². The minimum atomic E-state index is -0.334. The van der Waals surface area contributed by atoms with E-state index in [1.807, 2.05) is 67.6 Å². The molecule has 1 aliphatic carbocycles. The van der Waals surface area contributed by atoms with Crippen molar-refractivity contribution in [1.82, 2.24) is 5.32 Å². The van der Waals surface area contributed by atoms with Crippen LogP contribution in [-0.4, -0.2) is 11.7 Å². The monoisotopic (exact) mass is 358 g/mol. The van der Waals surface area contributed by atoms with Crippen LogP contribution in [0.2, 0.25) is 0 Å². The third kappa shape index (κ3) is 3.31. The van der Waals surface area contributed by atoms with Crippen LogP contribution in [0, 0.1) is 0 Å². The van der Waals surface area contributed by atoms with E-state index in [2.05, 4.69) is 10.6 Å². The minimum Gasteiger partial charge on any atom is -0.362 e. The van der Waals surface area contributed by atoms with Crippen LogP contribution < -0.4 is 10.6 Å². The third-order valence-corrected chi connectivity index (χ3v) is 5.19.